The quantitative estimate of drug-likeness (QED) is 0.682. The van der Waals surface area contributed by atoms with Gasteiger partial charge in [0.2, 0.25) is 5.91 Å². The molecule has 2 saturated heterocycles. The fourth-order valence-corrected chi connectivity index (χ4v) is 3.11. The van der Waals surface area contributed by atoms with Crippen LogP contribution in [0.2, 0.25) is 0 Å². The second-order valence-electron chi connectivity index (χ2n) is 5.94. The van der Waals surface area contributed by atoms with Crippen LogP contribution >= 0.6 is 0 Å². The average Bonchev–Trinajstić information content (AvgIpc) is 2.53. The molecular formula is C12H19NO2. The molecule has 1 amide bonds. The minimum absolute atomic E-state index is 0.353. The minimum Gasteiger partial charge on any atom is -0.381 e. The largest absolute Gasteiger partial charge is 0.381 e. The van der Waals surface area contributed by atoms with Crippen molar-refractivity contribution in [3.05, 3.63) is 0 Å². The Morgan fingerprint density at radius 1 is 1.33 bits per heavy atom. The number of ether oxygens (including phenoxy) is 1. The van der Waals surface area contributed by atoms with E-state index in [9.17, 15) is 4.79 Å². The number of nitrogens with zero attached hydrogens (tertiary/aromatic N) is 1. The average molecular weight is 209 g/mol. The van der Waals surface area contributed by atoms with Crippen LogP contribution in [0.1, 0.15) is 20.3 Å². The van der Waals surface area contributed by atoms with Crippen LogP contribution in [-0.4, -0.2) is 37.1 Å². The lowest BCUT2D eigenvalue weighted by molar-refractivity contribution is -0.136. The van der Waals surface area contributed by atoms with Gasteiger partial charge >= 0.3 is 0 Å². The van der Waals surface area contributed by atoms with E-state index in [1.165, 1.54) is 0 Å². The highest BCUT2D eigenvalue weighted by Crippen LogP contribution is 2.61. The van der Waals surface area contributed by atoms with Crippen LogP contribution in [0.15, 0.2) is 0 Å². The van der Waals surface area contributed by atoms with E-state index in [0.717, 1.165) is 38.1 Å². The number of piperidine rings is 1. The van der Waals surface area contributed by atoms with Crippen molar-refractivity contribution < 1.29 is 9.53 Å². The summed E-state index contributed by atoms with van der Waals surface area (Å²) in [6.07, 6.45) is 0.708. The van der Waals surface area contributed by atoms with Crippen LogP contribution in [0.3, 0.4) is 0 Å². The Balaban J connectivity index is 1.51. The summed E-state index contributed by atoms with van der Waals surface area (Å²) in [6.45, 7) is 8.23. The second-order valence-corrected chi connectivity index (χ2v) is 5.94. The fourth-order valence-electron chi connectivity index (χ4n) is 3.11. The Morgan fingerprint density at radius 3 is 2.40 bits per heavy atom. The lowest BCUT2D eigenvalue weighted by Gasteiger charge is -2.28. The molecule has 0 spiro atoms. The SMILES string of the molecule is CC1(C)C2CN(C(=O)CC3COC3)CC21. The topological polar surface area (TPSA) is 29.5 Å². The predicted molar refractivity (Wildman–Crippen MR) is 56.3 cm³/mol. The summed E-state index contributed by atoms with van der Waals surface area (Å²) in [5.74, 6) is 2.41. The molecule has 2 aliphatic heterocycles. The molecular weight excluding hydrogens is 190 g/mol. The van der Waals surface area contributed by atoms with Gasteiger partial charge in [-0.05, 0) is 17.3 Å². The van der Waals surface area contributed by atoms with Crippen LogP contribution < -0.4 is 0 Å². The van der Waals surface area contributed by atoms with Crippen LogP contribution in [0.5, 0.6) is 0 Å². The van der Waals surface area contributed by atoms with Gasteiger partial charge in [0.05, 0.1) is 13.2 Å². The van der Waals surface area contributed by atoms with Gasteiger partial charge < -0.3 is 9.64 Å². The molecule has 0 aromatic rings. The highest BCUT2D eigenvalue weighted by Gasteiger charge is 2.62. The third-order valence-corrected chi connectivity index (χ3v) is 4.65. The molecule has 1 saturated carbocycles. The number of likely N-dealkylation sites (tertiary alicyclic amines) is 1. The molecule has 3 nitrogen and oxygen atoms in total. The second kappa shape index (κ2) is 2.97. The van der Waals surface area contributed by atoms with E-state index in [1.54, 1.807) is 0 Å². The van der Waals surface area contributed by atoms with Crippen molar-refractivity contribution in [3.63, 3.8) is 0 Å². The molecule has 84 valence electrons. The Hall–Kier alpha value is -0.570. The highest BCUT2D eigenvalue weighted by atomic mass is 16.5. The molecule has 2 heterocycles. The molecule has 2 unspecified atom stereocenters. The zero-order valence-corrected chi connectivity index (χ0v) is 9.53. The molecule has 1 aliphatic carbocycles. The fraction of sp³-hybridized carbons (Fsp3) is 0.917. The molecule has 0 aromatic heterocycles. The molecule has 0 radical (unpaired) electrons. The highest BCUT2D eigenvalue weighted by molar-refractivity contribution is 5.77. The lowest BCUT2D eigenvalue weighted by Crippen LogP contribution is -2.38. The van der Waals surface area contributed by atoms with Gasteiger partial charge in [0.15, 0.2) is 0 Å². The molecule has 3 rings (SSSR count). The minimum atomic E-state index is 0.353. The van der Waals surface area contributed by atoms with Crippen molar-refractivity contribution in [2.45, 2.75) is 20.3 Å². The first-order valence-electron chi connectivity index (χ1n) is 5.94. The van der Waals surface area contributed by atoms with E-state index in [0.29, 0.717) is 23.7 Å². The first-order chi connectivity index (χ1) is 7.09. The third-order valence-electron chi connectivity index (χ3n) is 4.65. The van der Waals surface area contributed by atoms with E-state index < -0.39 is 0 Å². The molecule has 0 N–H and O–H groups in total. The third kappa shape index (κ3) is 1.40. The summed E-state index contributed by atoms with van der Waals surface area (Å²) in [6, 6.07) is 0. The zero-order chi connectivity index (χ0) is 10.6. The monoisotopic (exact) mass is 209 g/mol. The van der Waals surface area contributed by atoms with Crippen molar-refractivity contribution in [2.24, 2.45) is 23.2 Å². The Bertz CT molecular complexity index is 282. The van der Waals surface area contributed by atoms with Crippen molar-refractivity contribution in [2.75, 3.05) is 26.3 Å². The van der Waals surface area contributed by atoms with Gasteiger partial charge in [-0.2, -0.15) is 0 Å². The van der Waals surface area contributed by atoms with Gasteiger partial charge in [-0.15, -0.1) is 0 Å². The summed E-state index contributed by atoms with van der Waals surface area (Å²) in [4.78, 5) is 14.0. The molecule has 3 aliphatic rings. The number of rotatable bonds is 2. The van der Waals surface area contributed by atoms with Gasteiger partial charge in [0.25, 0.3) is 0 Å². The first kappa shape index (κ1) is 9.64. The van der Waals surface area contributed by atoms with Gasteiger partial charge in [0, 0.05) is 25.4 Å². The zero-order valence-electron chi connectivity index (χ0n) is 9.53. The molecule has 2 atom stereocenters. The van der Waals surface area contributed by atoms with Crippen molar-refractivity contribution in [1.82, 2.24) is 4.90 Å². The van der Waals surface area contributed by atoms with Crippen molar-refractivity contribution >= 4 is 5.91 Å². The number of amides is 1. The van der Waals surface area contributed by atoms with Gasteiger partial charge in [-0.25, -0.2) is 0 Å². The maximum Gasteiger partial charge on any atom is 0.223 e. The van der Waals surface area contributed by atoms with Gasteiger partial charge in [0.1, 0.15) is 0 Å². The van der Waals surface area contributed by atoms with Gasteiger partial charge in [-0.1, -0.05) is 13.8 Å². The summed E-state index contributed by atoms with van der Waals surface area (Å²) in [5.41, 5.74) is 0.510. The standard InChI is InChI=1S/C12H19NO2/c1-12(2)9-4-13(5-10(9)12)11(14)3-8-6-15-7-8/h8-10H,3-7H2,1-2H3. The number of hydrogen-bond donors (Lipinski definition) is 0. The van der Waals surface area contributed by atoms with Crippen LogP contribution in [0.25, 0.3) is 0 Å². The van der Waals surface area contributed by atoms with Crippen LogP contribution in [0, 0.1) is 23.2 Å². The number of hydrogen-bond acceptors (Lipinski definition) is 2. The number of carbonyl (C=O) groups is 1. The molecule has 0 aromatic carbocycles. The Morgan fingerprint density at radius 2 is 1.93 bits per heavy atom. The molecule has 3 heteroatoms. The summed E-state index contributed by atoms with van der Waals surface area (Å²) in [7, 11) is 0. The number of carbonyl (C=O) groups excluding carboxylic acids is 1. The predicted octanol–water partition coefficient (Wildman–Crippen LogP) is 1.14. The van der Waals surface area contributed by atoms with Crippen LogP contribution in [0.4, 0.5) is 0 Å². The maximum absolute atomic E-state index is 11.9. The molecule has 15 heavy (non-hydrogen) atoms. The van der Waals surface area contributed by atoms with E-state index in [2.05, 4.69) is 18.7 Å². The maximum atomic E-state index is 11.9. The smallest absolute Gasteiger partial charge is 0.223 e. The van der Waals surface area contributed by atoms with E-state index in [4.69, 9.17) is 4.74 Å². The van der Waals surface area contributed by atoms with E-state index in [-0.39, 0.29) is 0 Å². The Labute approximate surface area is 90.8 Å². The first-order valence-corrected chi connectivity index (χ1v) is 5.94. The molecule has 0 bridgehead atoms. The lowest BCUT2D eigenvalue weighted by atomic mass is 10.0. The van der Waals surface area contributed by atoms with Crippen molar-refractivity contribution in [3.8, 4) is 0 Å². The summed E-state index contributed by atoms with van der Waals surface area (Å²) < 4.78 is 5.09. The molecule has 3 fully saturated rings. The van der Waals surface area contributed by atoms with Crippen LogP contribution in [-0.2, 0) is 9.53 Å². The summed E-state index contributed by atoms with van der Waals surface area (Å²) in [5, 5.41) is 0. The van der Waals surface area contributed by atoms with Crippen molar-refractivity contribution in [1.29, 1.82) is 0 Å². The number of fused-ring (bicyclic) bond motifs is 1. The normalized spacial score (nSPS) is 37.3. The van der Waals surface area contributed by atoms with Gasteiger partial charge in [-0.3, -0.25) is 4.79 Å². The summed E-state index contributed by atoms with van der Waals surface area (Å²) >= 11 is 0. The van der Waals surface area contributed by atoms with E-state index >= 15 is 0 Å². The van der Waals surface area contributed by atoms with E-state index in [1.807, 2.05) is 0 Å². The Kier molecular flexibility index (Phi) is 1.91.